The van der Waals surface area contributed by atoms with Gasteiger partial charge in [0.1, 0.15) is 0 Å². The predicted molar refractivity (Wildman–Crippen MR) is 119 cm³/mol. The first-order chi connectivity index (χ1) is 20.7. The normalized spacial score (nSPS) is 11.2. The fourth-order valence-corrected chi connectivity index (χ4v) is 3.37. The molecule has 0 heterocycles. The maximum atomic E-state index is 14.3. The Bertz CT molecular complexity index is 1330. The van der Waals surface area contributed by atoms with Gasteiger partial charge < -0.3 is 18.9 Å². The summed E-state index contributed by atoms with van der Waals surface area (Å²) in [5, 5.41) is 0. The van der Waals surface area contributed by atoms with E-state index in [2.05, 4.69) is 18.9 Å². The molecule has 0 unspecified atom stereocenters. The van der Waals surface area contributed by atoms with Crippen molar-refractivity contribution >= 4 is 0 Å². The molecule has 0 aliphatic carbocycles. The molecular formula is C26H16F14O4. The van der Waals surface area contributed by atoms with Gasteiger partial charge in [-0.3, -0.25) is 0 Å². The molecule has 0 aromatic heterocycles. The van der Waals surface area contributed by atoms with E-state index in [9.17, 15) is 61.5 Å². The second-order valence-corrected chi connectivity index (χ2v) is 8.52. The molecule has 3 aromatic carbocycles. The number of hydrogen-bond acceptors (Lipinski definition) is 4. The lowest BCUT2D eigenvalue weighted by atomic mass is 10.2. The number of benzene rings is 3. The monoisotopic (exact) mass is 658 g/mol. The van der Waals surface area contributed by atoms with Gasteiger partial charge in [-0.2, -0.15) is 35.1 Å². The van der Waals surface area contributed by atoms with Gasteiger partial charge in [0, 0.05) is 0 Å². The first kappa shape index (κ1) is 34.4. The van der Waals surface area contributed by atoms with E-state index in [4.69, 9.17) is 0 Å². The largest absolute Gasteiger partial charge is 0.487 e. The number of halogens is 14. The summed E-state index contributed by atoms with van der Waals surface area (Å²) in [5.41, 5.74) is 0. The number of hydrogen-bond donors (Lipinski definition) is 0. The van der Waals surface area contributed by atoms with Gasteiger partial charge in [-0.05, 0) is 25.7 Å². The van der Waals surface area contributed by atoms with Crippen LogP contribution in [-0.4, -0.2) is 26.4 Å². The van der Waals surface area contributed by atoms with Crippen molar-refractivity contribution in [1.82, 2.24) is 0 Å². The lowest BCUT2D eigenvalue weighted by Gasteiger charge is -2.14. The molecule has 0 radical (unpaired) electrons. The van der Waals surface area contributed by atoms with Crippen LogP contribution >= 0.6 is 0 Å². The lowest BCUT2D eigenvalue weighted by molar-refractivity contribution is 0.218. The molecule has 0 aliphatic rings. The highest BCUT2D eigenvalue weighted by molar-refractivity contribution is 5.38. The molecule has 0 aliphatic heterocycles. The van der Waals surface area contributed by atoms with Crippen LogP contribution in [0.25, 0.3) is 0 Å². The van der Waals surface area contributed by atoms with Gasteiger partial charge in [0.15, 0.2) is 23.0 Å². The summed E-state index contributed by atoms with van der Waals surface area (Å²) in [6.07, 6.45) is -0.989. The van der Waals surface area contributed by atoms with Gasteiger partial charge in [0.25, 0.3) is 0 Å². The highest BCUT2D eigenvalue weighted by atomic mass is 19.2. The highest BCUT2D eigenvalue weighted by Gasteiger charge is 2.30. The van der Waals surface area contributed by atoms with E-state index in [1.54, 1.807) is 0 Å². The van der Waals surface area contributed by atoms with Crippen molar-refractivity contribution < 1.29 is 80.4 Å². The quantitative estimate of drug-likeness (QED) is 0.0760. The van der Waals surface area contributed by atoms with Crippen LogP contribution in [0.5, 0.6) is 23.0 Å². The SMILES string of the molecule is Fc1c(F)c(F)c(OCCCCOc2c(F)c(F)c(OCCCCOc3c(F)c(F)c(F)c(F)c3F)c(F)c2F)c(F)c1F. The molecule has 3 rings (SSSR count). The Balaban J connectivity index is 1.49. The Kier molecular flexibility index (Phi) is 11.4. The number of ether oxygens (including phenoxy) is 4. The standard InChI is InChI=1S/C26H16F14O4/c27-9-11(29)15(33)23(16(34)12(9)30)41-5-1-3-7-43-25-19(37)21(39)26(22(40)20(25)38)44-8-4-2-6-42-24-17(35)13(31)10(28)14(32)18(24)36/h1-8H2. The Labute approximate surface area is 237 Å². The molecule has 0 saturated heterocycles. The maximum absolute atomic E-state index is 14.3. The second kappa shape index (κ2) is 14.6. The summed E-state index contributed by atoms with van der Waals surface area (Å²) in [7, 11) is 0. The molecule has 18 heteroatoms. The van der Waals surface area contributed by atoms with Crippen molar-refractivity contribution in [2.75, 3.05) is 26.4 Å². The van der Waals surface area contributed by atoms with Gasteiger partial charge in [0.2, 0.25) is 81.4 Å². The summed E-state index contributed by atoms with van der Waals surface area (Å²) in [4.78, 5) is 0. The summed E-state index contributed by atoms with van der Waals surface area (Å²) in [6.45, 7) is -2.63. The second-order valence-electron chi connectivity index (χ2n) is 8.52. The summed E-state index contributed by atoms with van der Waals surface area (Å²) in [5.74, 6) is -36.9. The molecule has 0 bridgehead atoms. The van der Waals surface area contributed by atoms with Crippen LogP contribution in [0, 0.1) is 81.4 Å². The third-order valence-corrected chi connectivity index (χ3v) is 5.58. The minimum absolute atomic E-state index is 0.247. The zero-order valence-electron chi connectivity index (χ0n) is 21.6. The van der Waals surface area contributed by atoms with Crippen LogP contribution in [0.2, 0.25) is 0 Å². The van der Waals surface area contributed by atoms with E-state index in [-0.39, 0.29) is 25.7 Å². The third-order valence-electron chi connectivity index (χ3n) is 5.58. The van der Waals surface area contributed by atoms with Gasteiger partial charge in [-0.15, -0.1) is 0 Å². The Morgan fingerprint density at radius 1 is 0.227 bits per heavy atom. The fraction of sp³-hybridized carbons (Fsp3) is 0.308. The van der Waals surface area contributed by atoms with Gasteiger partial charge in [0.05, 0.1) is 26.4 Å². The molecule has 0 fully saturated rings. The Hall–Kier alpha value is -4.12. The molecule has 0 N–H and O–H groups in total. The van der Waals surface area contributed by atoms with Crippen molar-refractivity contribution in [3.8, 4) is 23.0 Å². The molecule has 242 valence electrons. The van der Waals surface area contributed by atoms with Crippen molar-refractivity contribution in [3.63, 3.8) is 0 Å². The molecule has 44 heavy (non-hydrogen) atoms. The van der Waals surface area contributed by atoms with Crippen LogP contribution in [-0.2, 0) is 0 Å². The predicted octanol–water partition coefficient (Wildman–Crippen LogP) is 8.11. The maximum Gasteiger partial charge on any atom is 0.207 e. The van der Waals surface area contributed by atoms with Crippen molar-refractivity contribution in [2.24, 2.45) is 0 Å². The zero-order valence-corrected chi connectivity index (χ0v) is 21.6. The molecule has 0 atom stereocenters. The van der Waals surface area contributed by atoms with Crippen LogP contribution in [0.15, 0.2) is 0 Å². The molecule has 3 aromatic rings. The van der Waals surface area contributed by atoms with Crippen LogP contribution in [0.4, 0.5) is 61.5 Å². The minimum Gasteiger partial charge on any atom is -0.487 e. The Morgan fingerprint density at radius 3 is 0.545 bits per heavy atom. The summed E-state index contributed by atoms with van der Waals surface area (Å²) in [6, 6.07) is 0. The fourth-order valence-electron chi connectivity index (χ4n) is 3.37. The Morgan fingerprint density at radius 2 is 0.364 bits per heavy atom. The van der Waals surface area contributed by atoms with E-state index in [0.29, 0.717) is 0 Å². The summed E-state index contributed by atoms with van der Waals surface area (Å²) >= 11 is 0. The van der Waals surface area contributed by atoms with Crippen molar-refractivity contribution in [1.29, 1.82) is 0 Å². The van der Waals surface area contributed by atoms with E-state index in [1.807, 2.05) is 0 Å². The average Bonchev–Trinajstić information content (AvgIpc) is 3.01. The first-order valence-electron chi connectivity index (χ1n) is 12.1. The van der Waals surface area contributed by atoms with Crippen LogP contribution in [0.3, 0.4) is 0 Å². The lowest BCUT2D eigenvalue weighted by Crippen LogP contribution is -2.11. The first-order valence-corrected chi connectivity index (χ1v) is 12.1. The van der Waals surface area contributed by atoms with E-state index in [1.165, 1.54) is 0 Å². The molecule has 0 spiro atoms. The molecule has 0 saturated carbocycles. The molecular weight excluding hydrogens is 642 g/mol. The average molecular weight is 658 g/mol. The highest BCUT2D eigenvalue weighted by Crippen LogP contribution is 2.35. The van der Waals surface area contributed by atoms with Crippen LogP contribution < -0.4 is 18.9 Å². The van der Waals surface area contributed by atoms with Gasteiger partial charge in [-0.1, -0.05) is 0 Å². The van der Waals surface area contributed by atoms with Gasteiger partial charge >= 0.3 is 0 Å². The van der Waals surface area contributed by atoms with E-state index < -0.39 is 131 Å². The van der Waals surface area contributed by atoms with E-state index in [0.717, 1.165) is 0 Å². The smallest absolute Gasteiger partial charge is 0.207 e. The van der Waals surface area contributed by atoms with Crippen molar-refractivity contribution in [2.45, 2.75) is 25.7 Å². The zero-order chi connectivity index (χ0) is 32.9. The number of rotatable bonds is 14. The molecule has 0 amide bonds. The number of unbranched alkanes of at least 4 members (excludes halogenated alkanes) is 2. The topological polar surface area (TPSA) is 36.9 Å². The minimum atomic E-state index is -2.40. The molecule has 4 nitrogen and oxygen atoms in total. The van der Waals surface area contributed by atoms with Crippen molar-refractivity contribution in [3.05, 3.63) is 81.4 Å². The summed E-state index contributed by atoms with van der Waals surface area (Å²) < 4.78 is 209. The third kappa shape index (κ3) is 6.99. The van der Waals surface area contributed by atoms with Gasteiger partial charge in [-0.25, -0.2) is 26.3 Å². The van der Waals surface area contributed by atoms with E-state index >= 15 is 0 Å². The van der Waals surface area contributed by atoms with Crippen LogP contribution in [0.1, 0.15) is 25.7 Å².